The lowest BCUT2D eigenvalue weighted by molar-refractivity contribution is -0.219. The number of thiocarbonyl (C=S) groups is 1. The number of benzene rings is 1. The number of hydrazine groups is 1. The normalized spacial score (nSPS) is 29.0. The van der Waals surface area contributed by atoms with Crippen molar-refractivity contribution in [2.75, 3.05) is 13.7 Å². The molecule has 1 amide bonds. The molecule has 3 atom stereocenters. The molecule has 26 heavy (non-hydrogen) atoms. The van der Waals surface area contributed by atoms with Crippen LogP contribution in [0.15, 0.2) is 30.3 Å². The van der Waals surface area contributed by atoms with E-state index in [1.54, 1.807) is 13.8 Å². The number of methoxy groups -OCH3 is 1. The second-order valence-corrected chi connectivity index (χ2v) is 7.00. The molecule has 1 aromatic rings. The molecule has 2 aliphatic rings. The molecular weight excluding hydrogens is 358 g/mol. The summed E-state index contributed by atoms with van der Waals surface area (Å²) in [5.41, 5.74) is 5.03. The molecule has 142 valence electrons. The molecule has 0 bridgehead atoms. The largest absolute Gasteiger partial charge is 0.357 e. The first-order valence-electron chi connectivity index (χ1n) is 8.27. The van der Waals surface area contributed by atoms with Crippen LogP contribution in [0.2, 0.25) is 0 Å². The Morgan fingerprint density at radius 2 is 2.04 bits per heavy atom. The van der Waals surface area contributed by atoms with Gasteiger partial charge in [-0.1, -0.05) is 30.3 Å². The number of ether oxygens (including phenoxy) is 4. The standard InChI is InChI=1S/C17H23N3O5S/c1-16(2)24-12-13(22-3)23-10-17(12,25-16)14(21)19-20-15(26)18-9-11-7-5-4-6-8-11/h4-8,12-13H,9-10H2,1-3H3,(H,19,21)(H2,18,20,26). The smallest absolute Gasteiger partial charge is 0.276 e. The van der Waals surface area contributed by atoms with Gasteiger partial charge in [-0.3, -0.25) is 15.6 Å². The average Bonchev–Trinajstić information content (AvgIpc) is 3.09. The Morgan fingerprint density at radius 3 is 2.73 bits per heavy atom. The fourth-order valence-electron chi connectivity index (χ4n) is 3.08. The molecule has 0 spiro atoms. The molecule has 2 heterocycles. The average molecular weight is 381 g/mol. The molecule has 2 aliphatic heterocycles. The van der Waals surface area contributed by atoms with Crippen molar-refractivity contribution in [1.29, 1.82) is 0 Å². The topological polar surface area (TPSA) is 90.1 Å². The molecule has 0 aliphatic carbocycles. The van der Waals surface area contributed by atoms with E-state index in [2.05, 4.69) is 16.2 Å². The second-order valence-electron chi connectivity index (χ2n) is 6.59. The van der Waals surface area contributed by atoms with Crippen LogP contribution < -0.4 is 16.2 Å². The molecule has 9 heteroatoms. The van der Waals surface area contributed by atoms with E-state index < -0.39 is 29.7 Å². The summed E-state index contributed by atoms with van der Waals surface area (Å²) in [4.78, 5) is 12.8. The van der Waals surface area contributed by atoms with Crippen LogP contribution in [0.5, 0.6) is 0 Å². The van der Waals surface area contributed by atoms with Crippen LogP contribution in [0.3, 0.4) is 0 Å². The van der Waals surface area contributed by atoms with Gasteiger partial charge in [-0.15, -0.1) is 0 Å². The van der Waals surface area contributed by atoms with E-state index in [4.69, 9.17) is 31.2 Å². The van der Waals surface area contributed by atoms with Gasteiger partial charge in [0.25, 0.3) is 5.91 Å². The number of rotatable bonds is 4. The van der Waals surface area contributed by atoms with Gasteiger partial charge in [0.05, 0.1) is 6.61 Å². The van der Waals surface area contributed by atoms with Crippen molar-refractivity contribution in [3.05, 3.63) is 35.9 Å². The minimum absolute atomic E-state index is 0.0251. The Kier molecular flexibility index (Phi) is 5.44. The monoisotopic (exact) mass is 381 g/mol. The van der Waals surface area contributed by atoms with Crippen molar-refractivity contribution in [2.24, 2.45) is 0 Å². The number of carbonyl (C=O) groups is 1. The summed E-state index contributed by atoms with van der Waals surface area (Å²) >= 11 is 5.19. The molecule has 0 saturated carbocycles. The fraction of sp³-hybridized carbons (Fsp3) is 0.529. The van der Waals surface area contributed by atoms with Crippen molar-refractivity contribution < 1.29 is 23.7 Å². The Hall–Kier alpha value is -1.78. The SMILES string of the molecule is COC1OCC2(C(=O)NNC(=S)NCc3ccccc3)OC(C)(C)OC12. The lowest BCUT2D eigenvalue weighted by Gasteiger charge is -2.25. The number of hydrogen-bond acceptors (Lipinski definition) is 6. The fourth-order valence-corrected chi connectivity index (χ4v) is 3.20. The van der Waals surface area contributed by atoms with Crippen LogP contribution in [-0.4, -0.2) is 48.5 Å². The molecule has 8 nitrogen and oxygen atoms in total. The van der Waals surface area contributed by atoms with E-state index in [1.807, 2.05) is 30.3 Å². The van der Waals surface area contributed by atoms with Gasteiger partial charge in [-0.25, -0.2) is 0 Å². The van der Waals surface area contributed by atoms with Crippen molar-refractivity contribution >= 4 is 23.2 Å². The Balaban J connectivity index is 1.56. The molecule has 0 radical (unpaired) electrons. The Bertz CT molecular complexity index is 672. The van der Waals surface area contributed by atoms with Crippen LogP contribution >= 0.6 is 12.2 Å². The van der Waals surface area contributed by atoms with Crippen molar-refractivity contribution in [3.8, 4) is 0 Å². The third kappa shape index (κ3) is 3.81. The highest BCUT2D eigenvalue weighted by atomic mass is 32.1. The summed E-state index contributed by atoms with van der Waals surface area (Å²) in [6.07, 6.45) is -1.35. The predicted molar refractivity (Wildman–Crippen MR) is 96.7 cm³/mol. The summed E-state index contributed by atoms with van der Waals surface area (Å²) in [5.74, 6) is -1.36. The van der Waals surface area contributed by atoms with Crippen LogP contribution in [-0.2, 0) is 30.3 Å². The first-order valence-corrected chi connectivity index (χ1v) is 8.68. The molecule has 3 rings (SSSR count). The third-order valence-electron chi connectivity index (χ3n) is 4.21. The first-order chi connectivity index (χ1) is 12.4. The molecule has 3 N–H and O–H groups in total. The summed E-state index contributed by atoms with van der Waals surface area (Å²) in [5, 5.41) is 3.30. The Morgan fingerprint density at radius 1 is 1.31 bits per heavy atom. The van der Waals surface area contributed by atoms with Gasteiger partial charge in [0.2, 0.25) is 5.60 Å². The van der Waals surface area contributed by atoms with Crippen molar-refractivity contribution in [2.45, 2.75) is 44.2 Å². The van der Waals surface area contributed by atoms with E-state index in [9.17, 15) is 4.79 Å². The van der Waals surface area contributed by atoms with Gasteiger partial charge >= 0.3 is 0 Å². The van der Waals surface area contributed by atoms with Gasteiger partial charge in [0.1, 0.15) is 0 Å². The highest BCUT2D eigenvalue weighted by molar-refractivity contribution is 7.80. The van der Waals surface area contributed by atoms with E-state index in [-0.39, 0.29) is 11.7 Å². The predicted octanol–water partition coefficient (Wildman–Crippen LogP) is 0.575. The lowest BCUT2D eigenvalue weighted by atomic mass is 9.99. The van der Waals surface area contributed by atoms with Crippen molar-refractivity contribution in [3.63, 3.8) is 0 Å². The summed E-state index contributed by atoms with van der Waals surface area (Å²) in [6, 6.07) is 9.78. The van der Waals surface area contributed by atoms with Crippen LogP contribution in [0, 0.1) is 0 Å². The third-order valence-corrected chi connectivity index (χ3v) is 4.46. The molecule has 0 aromatic heterocycles. The maximum absolute atomic E-state index is 12.8. The maximum atomic E-state index is 12.8. The van der Waals surface area contributed by atoms with Crippen molar-refractivity contribution in [1.82, 2.24) is 16.2 Å². The highest BCUT2D eigenvalue weighted by Gasteiger charge is 2.65. The summed E-state index contributed by atoms with van der Waals surface area (Å²) in [7, 11) is 1.49. The zero-order valence-electron chi connectivity index (χ0n) is 14.9. The van der Waals surface area contributed by atoms with E-state index in [0.29, 0.717) is 6.54 Å². The maximum Gasteiger partial charge on any atom is 0.276 e. The van der Waals surface area contributed by atoms with Crippen LogP contribution in [0.1, 0.15) is 19.4 Å². The zero-order valence-corrected chi connectivity index (χ0v) is 15.7. The van der Waals surface area contributed by atoms with Crippen LogP contribution in [0.25, 0.3) is 0 Å². The zero-order chi connectivity index (χ0) is 18.8. The van der Waals surface area contributed by atoms with Gasteiger partial charge in [0.15, 0.2) is 23.3 Å². The summed E-state index contributed by atoms with van der Waals surface area (Å²) < 4.78 is 22.4. The van der Waals surface area contributed by atoms with E-state index in [0.717, 1.165) is 5.56 Å². The molecular formula is C17H23N3O5S. The summed E-state index contributed by atoms with van der Waals surface area (Å²) in [6.45, 7) is 4.05. The molecule has 2 saturated heterocycles. The minimum atomic E-state index is -1.30. The quantitative estimate of drug-likeness (QED) is 0.515. The van der Waals surface area contributed by atoms with Gasteiger partial charge < -0.3 is 24.3 Å². The number of nitrogens with one attached hydrogen (secondary N) is 3. The number of fused-ring (bicyclic) bond motifs is 1. The number of carbonyl (C=O) groups excluding carboxylic acids is 1. The first kappa shape index (κ1) is 19.0. The molecule has 2 fully saturated rings. The minimum Gasteiger partial charge on any atom is -0.357 e. The van der Waals surface area contributed by atoms with E-state index >= 15 is 0 Å². The second kappa shape index (κ2) is 7.45. The van der Waals surface area contributed by atoms with Gasteiger partial charge in [-0.2, -0.15) is 0 Å². The highest BCUT2D eigenvalue weighted by Crippen LogP contribution is 2.43. The Labute approximate surface area is 157 Å². The van der Waals surface area contributed by atoms with Gasteiger partial charge in [0, 0.05) is 13.7 Å². The lowest BCUT2D eigenvalue weighted by Crippen LogP contribution is -2.59. The number of amides is 1. The van der Waals surface area contributed by atoms with Crippen LogP contribution in [0.4, 0.5) is 0 Å². The number of hydrogen-bond donors (Lipinski definition) is 3. The van der Waals surface area contributed by atoms with E-state index in [1.165, 1.54) is 7.11 Å². The molecule has 3 unspecified atom stereocenters. The molecule has 1 aromatic carbocycles. The van der Waals surface area contributed by atoms with Gasteiger partial charge in [-0.05, 0) is 31.6 Å².